The van der Waals surface area contributed by atoms with Gasteiger partial charge in [-0.2, -0.15) is 0 Å². The third-order valence-corrected chi connectivity index (χ3v) is 8.20. The second kappa shape index (κ2) is 12.5. The molecule has 0 aromatic heterocycles. The fourth-order valence-electron chi connectivity index (χ4n) is 5.83. The maximum absolute atomic E-state index is 13.1. The van der Waals surface area contributed by atoms with Crippen LogP contribution in [-0.4, -0.2) is 65.7 Å². The van der Waals surface area contributed by atoms with Gasteiger partial charge >= 0.3 is 12.2 Å². The molecule has 1 heterocycles. The average molecular weight is 558 g/mol. The van der Waals surface area contributed by atoms with Crippen molar-refractivity contribution in [3.05, 3.63) is 59.2 Å². The molecule has 2 aliphatic carbocycles. The Hall–Kier alpha value is -3.00. The minimum Gasteiger partial charge on any atom is -0.445 e. The molecule has 1 aromatic rings. The highest BCUT2D eigenvalue weighted by Gasteiger charge is 2.44. The Kier molecular flexibility index (Phi) is 9.26. The van der Waals surface area contributed by atoms with Crippen LogP contribution >= 0.6 is 11.6 Å². The number of ether oxygens (including phenoxy) is 2. The van der Waals surface area contributed by atoms with Crippen LogP contribution in [0.25, 0.3) is 0 Å². The van der Waals surface area contributed by atoms with Gasteiger partial charge in [0, 0.05) is 30.7 Å². The predicted molar refractivity (Wildman–Crippen MR) is 150 cm³/mol. The van der Waals surface area contributed by atoms with Crippen LogP contribution < -0.4 is 5.32 Å². The molecule has 1 aliphatic heterocycles. The van der Waals surface area contributed by atoms with Gasteiger partial charge in [0.25, 0.3) is 0 Å². The van der Waals surface area contributed by atoms with Crippen molar-refractivity contribution in [3.8, 4) is 0 Å². The summed E-state index contributed by atoms with van der Waals surface area (Å²) >= 11 is 6.41. The largest absolute Gasteiger partial charge is 0.445 e. The van der Waals surface area contributed by atoms with E-state index in [1.54, 1.807) is 0 Å². The summed E-state index contributed by atoms with van der Waals surface area (Å²) in [5.74, 6) is 0.142. The summed E-state index contributed by atoms with van der Waals surface area (Å²) in [4.78, 5) is 41.6. The SMILES string of the molecule is CC(C)(C)OC(=O)NC[C@]1(C2C=CC=C(Cl)C2)CC[C@H](N2CCN(C(=O)OCc3ccccc3)CC2=O)CC1. The molecule has 1 aromatic carbocycles. The molecule has 1 atom stereocenters. The monoisotopic (exact) mass is 557 g/mol. The molecule has 39 heavy (non-hydrogen) atoms. The zero-order chi connectivity index (χ0) is 28.0. The van der Waals surface area contributed by atoms with Crippen molar-refractivity contribution in [2.24, 2.45) is 11.3 Å². The molecular weight excluding hydrogens is 518 g/mol. The molecule has 1 unspecified atom stereocenters. The second-order valence-electron chi connectivity index (χ2n) is 11.8. The highest BCUT2D eigenvalue weighted by molar-refractivity contribution is 6.29. The number of hydrogen-bond donors (Lipinski definition) is 1. The number of nitrogens with one attached hydrogen (secondary N) is 1. The number of amides is 3. The van der Waals surface area contributed by atoms with E-state index in [0.29, 0.717) is 19.6 Å². The van der Waals surface area contributed by atoms with Crippen molar-refractivity contribution >= 4 is 29.7 Å². The average Bonchev–Trinajstić information content (AvgIpc) is 2.90. The molecule has 3 amide bonds. The van der Waals surface area contributed by atoms with E-state index in [9.17, 15) is 14.4 Å². The van der Waals surface area contributed by atoms with Gasteiger partial charge in [-0.15, -0.1) is 0 Å². The Bertz CT molecular complexity index is 1090. The van der Waals surface area contributed by atoms with Crippen molar-refractivity contribution < 1.29 is 23.9 Å². The van der Waals surface area contributed by atoms with Gasteiger partial charge in [-0.1, -0.05) is 54.1 Å². The topological polar surface area (TPSA) is 88.2 Å². The van der Waals surface area contributed by atoms with Crippen molar-refractivity contribution in [1.82, 2.24) is 15.1 Å². The van der Waals surface area contributed by atoms with Crippen LogP contribution in [0, 0.1) is 11.3 Å². The highest BCUT2D eigenvalue weighted by Crippen LogP contribution is 2.47. The van der Waals surface area contributed by atoms with Crippen LogP contribution in [0.5, 0.6) is 0 Å². The van der Waals surface area contributed by atoms with E-state index in [4.69, 9.17) is 21.1 Å². The fraction of sp³-hybridized carbons (Fsp3) is 0.567. The Morgan fingerprint density at radius 2 is 1.85 bits per heavy atom. The Balaban J connectivity index is 1.33. The maximum Gasteiger partial charge on any atom is 0.410 e. The Labute approximate surface area is 236 Å². The third-order valence-electron chi connectivity index (χ3n) is 7.92. The van der Waals surface area contributed by atoms with Crippen LogP contribution in [0.4, 0.5) is 9.59 Å². The summed E-state index contributed by atoms with van der Waals surface area (Å²) in [5, 5.41) is 3.82. The van der Waals surface area contributed by atoms with Crippen LogP contribution in [0.3, 0.4) is 0 Å². The summed E-state index contributed by atoms with van der Waals surface area (Å²) in [6.07, 6.45) is 9.30. The fourth-order valence-corrected chi connectivity index (χ4v) is 6.07. The van der Waals surface area contributed by atoms with Crippen LogP contribution in [0.1, 0.15) is 58.4 Å². The lowest BCUT2D eigenvalue weighted by molar-refractivity contribution is -0.139. The maximum atomic E-state index is 13.1. The highest BCUT2D eigenvalue weighted by atomic mass is 35.5. The third kappa shape index (κ3) is 7.78. The van der Waals surface area contributed by atoms with E-state index >= 15 is 0 Å². The predicted octanol–water partition coefficient (Wildman–Crippen LogP) is 5.62. The molecule has 2 fully saturated rings. The lowest BCUT2D eigenvalue weighted by atomic mass is 9.63. The summed E-state index contributed by atoms with van der Waals surface area (Å²) in [6, 6.07) is 9.61. The first-order valence-corrected chi connectivity index (χ1v) is 14.2. The molecular formula is C30H40ClN3O5. The molecule has 212 valence electrons. The molecule has 1 saturated heterocycles. The molecule has 0 bridgehead atoms. The zero-order valence-corrected chi connectivity index (χ0v) is 23.9. The minimum absolute atomic E-state index is 0.0290. The Morgan fingerprint density at radius 1 is 1.13 bits per heavy atom. The second-order valence-corrected chi connectivity index (χ2v) is 12.3. The lowest BCUT2D eigenvalue weighted by Crippen LogP contribution is -2.57. The molecule has 8 nitrogen and oxygen atoms in total. The van der Waals surface area contributed by atoms with Crippen LogP contribution in [0.2, 0.25) is 0 Å². The normalized spacial score (nSPS) is 25.6. The van der Waals surface area contributed by atoms with E-state index < -0.39 is 17.8 Å². The van der Waals surface area contributed by atoms with Crippen molar-refractivity contribution in [2.75, 3.05) is 26.2 Å². The van der Waals surface area contributed by atoms with Gasteiger partial charge in [-0.05, 0) is 75.8 Å². The number of carbonyl (C=O) groups is 3. The molecule has 1 N–H and O–H groups in total. The number of piperazine rings is 1. The lowest BCUT2D eigenvalue weighted by Gasteiger charge is -2.48. The number of allylic oxidation sites excluding steroid dienone is 4. The van der Waals surface area contributed by atoms with Gasteiger partial charge in [-0.25, -0.2) is 9.59 Å². The first kappa shape index (κ1) is 29.0. The number of carbonyl (C=O) groups excluding carboxylic acids is 3. The quantitative estimate of drug-likeness (QED) is 0.490. The van der Waals surface area contributed by atoms with Crippen molar-refractivity contribution in [2.45, 2.75) is 71.1 Å². The van der Waals surface area contributed by atoms with E-state index in [1.165, 1.54) is 4.90 Å². The van der Waals surface area contributed by atoms with Gasteiger partial charge in [0.1, 0.15) is 18.8 Å². The first-order chi connectivity index (χ1) is 18.5. The van der Waals surface area contributed by atoms with E-state index in [-0.39, 0.29) is 36.4 Å². The molecule has 3 aliphatic rings. The standard InChI is InChI=1S/C30H40ClN3O5/c1-29(2,3)39-27(36)32-21-30(23-10-7-11-24(31)18-23)14-12-25(13-15-30)34-17-16-33(19-26(34)35)28(37)38-20-22-8-5-4-6-9-22/h4-11,23,25H,12-21H2,1-3H3,(H,32,36)/t23?,25-,30-. The summed E-state index contributed by atoms with van der Waals surface area (Å²) in [5.41, 5.74) is 0.166. The number of alkyl carbamates (subject to hydrolysis) is 1. The van der Waals surface area contributed by atoms with Crippen molar-refractivity contribution in [1.29, 1.82) is 0 Å². The summed E-state index contributed by atoms with van der Waals surface area (Å²) in [6.45, 7) is 7.19. The molecule has 0 spiro atoms. The van der Waals surface area contributed by atoms with Gasteiger partial charge in [0.2, 0.25) is 5.91 Å². The number of nitrogens with zero attached hydrogens (tertiary/aromatic N) is 2. The number of rotatable bonds is 6. The molecule has 0 radical (unpaired) electrons. The number of hydrogen-bond acceptors (Lipinski definition) is 5. The number of benzene rings is 1. The molecule has 1 saturated carbocycles. The summed E-state index contributed by atoms with van der Waals surface area (Å²) in [7, 11) is 0. The van der Waals surface area contributed by atoms with Crippen LogP contribution in [0.15, 0.2) is 53.6 Å². The van der Waals surface area contributed by atoms with E-state index in [2.05, 4.69) is 11.4 Å². The zero-order valence-electron chi connectivity index (χ0n) is 23.2. The summed E-state index contributed by atoms with van der Waals surface area (Å²) < 4.78 is 10.9. The van der Waals surface area contributed by atoms with Gasteiger partial charge in [-0.3, -0.25) is 9.69 Å². The van der Waals surface area contributed by atoms with E-state index in [1.807, 2.05) is 68.2 Å². The van der Waals surface area contributed by atoms with Crippen LogP contribution in [-0.2, 0) is 20.9 Å². The smallest absolute Gasteiger partial charge is 0.410 e. The number of halogens is 1. The van der Waals surface area contributed by atoms with Gasteiger partial charge in [0.05, 0.1) is 0 Å². The van der Waals surface area contributed by atoms with Gasteiger partial charge < -0.3 is 19.7 Å². The first-order valence-electron chi connectivity index (χ1n) is 13.8. The van der Waals surface area contributed by atoms with Crippen molar-refractivity contribution in [3.63, 3.8) is 0 Å². The molecule has 4 rings (SSSR count). The van der Waals surface area contributed by atoms with Gasteiger partial charge in [0.15, 0.2) is 0 Å². The minimum atomic E-state index is -0.567. The van der Waals surface area contributed by atoms with E-state index in [0.717, 1.165) is 42.7 Å². The Morgan fingerprint density at radius 3 is 2.49 bits per heavy atom. The molecule has 9 heteroatoms.